The summed E-state index contributed by atoms with van der Waals surface area (Å²) in [5, 5.41) is 11.8. The smallest absolute Gasteiger partial charge is 0.251 e. The van der Waals surface area contributed by atoms with Gasteiger partial charge in [-0.2, -0.15) is 0 Å². The molecule has 0 aliphatic carbocycles. The number of hydrogen-bond acceptors (Lipinski definition) is 7. The number of aromatic nitrogens is 3. The highest BCUT2D eigenvalue weighted by atomic mass is 16.7. The maximum absolute atomic E-state index is 12.4. The predicted octanol–water partition coefficient (Wildman–Crippen LogP) is 2.72. The highest BCUT2D eigenvalue weighted by molar-refractivity contribution is 5.94. The van der Waals surface area contributed by atoms with Gasteiger partial charge in [-0.25, -0.2) is 0 Å². The molecule has 1 atom stereocenters. The number of carbonyl (C=O) groups excluding carboxylic acids is 1. The average Bonchev–Trinajstić information content (AvgIpc) is 3.46. The second-order valence-electron chi connectivity index (χ2n) is 9.47. The number of amides is 1. The largest absolute Gasteiger partial charge is 0.497 e. The van der Waals surface area contributed by atoms with Crippen molar-refractivity contribution >= 4 is 5.91 Å². The molecule has 5 rings (SSSR count). The van der Waals surface area contributed by atoms with Crippen molar-refractivity contribution < 1.29 is 19.0 Å². The third kappa shape index (κ3) is 5.62. The summed E-state index contributed by atoms with van der Waals surface area (Å²) in [6, 6.07) is 13.3. The standard InChI is InChI=1S/C27H33N5O4/c1-19(15-20-3-8-23-24(16-20)36-18-35-23)17-31-12-10-26-30-29-25(32(26)14-13-31)9-11-28-27(33)21-4-6-22(34-2)7-5-21/h3-8,16,19H,9-15,17-18H2,1-2H3,(H,28,33). The average molecular weight is 492 g/mol. The Morgan fingerprint density at radius 3 is 2.75 bits per heavy atom. The number of hydrogen-bond donors (Lipinski definition) is 1. The lowest BCUT2D eigenvalue weighted by Crippen LogP contribution is -2.32. The summed E-state index contributed by atoms with van der Waals surface area (Å²) in [7, 11) is 1.61. The Kier molecular flexibility index (Phi) is 7.36. The molecule has 0 saturated carbocycles. The minimum Gasteiger partial charge on any atom is -0.497 e. The van der Waals surface area contributed by atoms with Crippen LogP contribution in [0.1, 0.15) is 34.5 Å². The molecular formula is C27H33N5O4. The van der Waals surface area contributed by atoms with Crippen molar-refractivity contribution in [2.24, 2.45) is 5.92 Å². The second kappa shape index (κ2) is 11.0. The van der Waals surface area contributed by atoms with E-state index in [1.165, 1.54) is 5.56 Å². The van der Waals surface area contributed by atoms with Crippen molar-refractivity contribution in [1.29, 1.82) is 0 Å². The van der Waals surface area contributed by atoms with Crippen LogP contribution in [0.2, 0.25) is 0 Å². The SMILES string of the molecule is COc1ccc(C(=O)NCCc2nnc3n2CCN(CC(C)Cc2ccc4c(c2)OCO4)CC3)cc1. The van der Waals surface area contributed by atoms with Gasteiger partial charge in [0.15, 0.2) is 11.5 Å². The molecule has 2 aromatic carbocycles. The maximum atomic E-state index is 12.4. The van der Waals surface area contributed by atoms with Gasteiger partial charge in [-0.1, -0.05) is 13.0 Å². The Hall–Kier alpha value is -3.59. The molecule has 1 N–H and O–H groups in total. The van der Waals surface area contributed by atoms with Crippen molar-refractivity contribution in [2.45, 2.75) is 32.7 Å². The lowest BCUT2D eigenvalue weighted by Gasteiger charge is -2.24. The van der Waals surface area contributed by atoms with Crippen LogP contribution >= 0.6 is 0 Å². The van der Waals surface area contributed by atoms with Crippen LogP contribution in [0, 0.1) is 5.92 Å². The molecule has 190 valence electrons. The quantitative estimate of drug-likeness (QED) is 0.492. The number of rotatable bonds is 9. The fourth-order valence-corrected chi connectivity index (χ4v) is 4.90. The van der Waals surface area contributed by atoms with Gasteiger partial charge in [0.05, 0.1) is 7.11 Å². The van der Waals surface area contributed by atoms with Crippen molar-refractivity contribution in [1.82, 2.24) is 25.0 Å². The third-order valence-electron chi connectivity index (χ3n) is 6.77. The topological polar surface area (TPSA) is 90.7 Å². The fraction of sp³-hybridized carbons (Fsp3) is 0.444. The van der Waals surface area contributed by atoms with Gasteiger partial charge in [0, 0.05) is 51.1 Å². The van der Waals surface area contributed by atoms with Crippen LogP contribution in [0.25, 0.3) is 0 Å². The van der Waals surface area contributed by atoms with Gasteiger partial charge in [-0.3, -0.25) is 4.79 Å². The second-order valence-corrected chi connectivity index (χ2v) is 9.47. The van der Waals surface area contributed by atoms with E-state index in [-0.39, 0.29) is 5.91 Å². The Bertz CT molecular complexity index is 1190. The van der Waals surface area contributed by atoms with Crippen LogP contribution in [-0.2, 0) is 25.8 Å². The molecule has 1 unspecified atom stereocenters. The molecule has 2 aliphatic rings. The van der Waals surface area contributed by atoms with E-state index in [9.17, 15) is 4.79 Å². The van der Waals surface area contributed by atoms with Crippen LogP contribution in [0.4, 0.5) is 0 Å². The Morgan fingerprint density at radius 2 is 1.92 bits per heavy atom. The number of methoxy groups -OCH3 is 1. The number of nitrogens with one attached hydrogen (secondary N) is 1. The van der Waals surface area contributed by atoms with Crippen LogP contribution < -0.4 is 19.5 Å². The van der Waals surface area contributed by atoms with E-state index in [1.54, 1.807) is 31.4 Å². The Balaban J connectivity index is 1.10. The molecule has 2 aliphatic heterocycles. The first-order chi connectivity index (χ1) is 17.6. The zero-order valence-electron chi connectivity index (χ0n) is 20.9. The summed E-state index contributed by atoms with van der Waals surface area (Å²) >= 11 is 0. The summed E-state index contributed by atoms with van der Waals surface area (Å²) in [5.41, 5.74) is 1.89. The van der Waals surface area contributed by atoms with E-state index in [2.05, 4.69) is 44.0 Å². The molecule has 3 aromatic rings. The molecule has 0 bridgehead atoms. The highest BCUT2D eigenvalue weighted by Crippen LogP contribution is 2.33. The van der Waals surface area contributed by atoms with Crippen molar-refractivity contribution in [3.8, 4) is 17.2 Å². The molecule has 3 heterocycles. The zero-order valence-corrected chi connectivity index (χ0v) is 20.9. The van der Waals surface area contributed by atoms with Gasteiger partial charge in [0.1, 0.15) is 17.4 Å². The van der Waals surface area contributed by atoms with Gasteiger partial charge < -0.3 is 29.0 Å². The first-order valence-corrected chi connectivity index (χ1v) is 12.5. The minimum atomic E-state index is -0.101. The number of ether oxygens (including phenoxy) is 3. The Labute approximate surface area is 211 Å². The number of fused-ring (bicyclic) bond motifs is 2. The zero-order chi connectivity index (χ0) is 24.9. The van der Waals surface area contributed by atoms with E-state index in [4.69, 9.17) is 14.2 Å². The van der Waals surface area contributed by atoms with E-state index in [0.717, 1.165) is 67.9 Å². The summed E-state index contributed by atoms with van der Waals surface area (Å²) in [5.74, 6) is 4.78. The normalized spacial score (nSPS) is 15.7. The summed E-state index contributed by atoms with van der Waals surface area (Å²) in [4.78, 5) is 14.9. The van der Waals surface area contributed by atoms with Crippen LogP contribution in [0.5, 0.6) is 17.2 Å². The van der Waals surface area contributed by atoms with E-state index < -0.39 is 0 Å². The van der Waals surface area contributed by atoms with Gasteiger partial charge in [0.25, 0.3) is 5.91 Å². The van der Waals surface area contributed by atoms with Crippen molar-refractivity contribution in [3.63, 3.8) is 0 Å². The predicted molar refractivity (Wildman–Crippen MR) is 135 cm³/mol. The first kappa shape index (κ1) is 24.1. The van der Waals surface area contributed by atoms with Gasteiger partial charge in [-0.15, -0.1) is 10.2 Å². The molecule has 1 amide bonds. The lowest BCUT2D eigenvalue weighted by atomic mass is 10.00. The molecule has 36 heavy (non-hydrogen) atoms. The molecule has 0 spiro atoms. The van der Waals surface area contributed by atoms with Crippen LogP contribution in [0.15, 0.2) is 42.5 Å². The third-order valence-corrected chi connectivity index (χ3v) is 6.77. The molecule has 0 saturated heterocycles. The van der Waals surface area contributed by atoms with Crippen molar-refractivity contribution in [2.75, 3.05) is 40.1 Å². The fourth-order valence-electron chi connectivity index (χ4n) is 4.90. The summed E-state index contributed by atoms with van der Waals surface area (Å²) in [6.07, 6.45) is 2.52. The maximum Gasteiger partial charge on any atom is 0.251 e. The Morgan fingerprint density at radius 1 is 1.08 bits per heavy atom. The number of carbonyl (C=O) groups is 1. The van der Waals surface area contributed by atoms with Gasteiger partial charge in [0.2, 0.25) is 6.79 Å². The highest BCUT2D eigenvalue weighted by Gasteiger charge is 2.21. The minimum absolute atomic E-state index is 0.101. The van der Waals surface area contributed by atoms with Crippen LogP contribution in [-0.4, -0.2) is 65.7 Å². The van der Waals surface area contributed by atoms with Gasteiger partial charge in [-0.05, 0) is 54.3 Å². The molecule has 9 heteroatoms. The summed E-state index contributed by atoms with van der Waals surface area (Å²) < 4.78 is 18.3. The van der Waals surface area contributed by atoms with Crippen LogP contribution in [0.3, 0.4) is 0 Å². The molecular weight excluding hydrogens is 458 g/mol. The van der Waals surface area contributed by atoms with E-state index in [0.29, 0.717) is 31.2 Å². The number of nitrogens with zero attached hydrogens (tertiary/aromatic N) is 4. The number of benzene rings is 2. The summed E-state index contributed by atoms with van der Waals surface area (Å²) in [6.45, 7) is 6.94. The van der Waals surface area contributed by atoms with E-state index >= 15 is 0 Å². The monoisotopic (exact) mass is 491 g/mol. The lowest BCUT2D eigenvalue weighted by molar-refractivity contribution is 0.0954. The van der Waals surface area contributed by atoms with E-state index in [1.807, 2.05) is 6.07 Å². The van der Waals surface area contributed by atoms with Crippen molar-refractivity contribution in [3.05, 3.63) is 65.2 Å². The first-order valence-electron chi connectivity index (χ1n) is 12.5. The molecule has 1 aromatic heterocycles. The van der Waals surface area contributed by atoms with Gasteiger partial charge >= 0.3 is 0 Å². The molecule has 0 radical (unpaired) electrons. The molecule has 0 fully saturated rings. The molecule has 9 nitrogen and oxygen atoms in total.